The first kappa shape index (κ1) is 13.8. The van der Waals surface area contributed by atoms with Gasteiger partial charge in [-0.2, -0.15) is 34.9 Å². The molecule has 1 saturated heterocycles. The number of rotatable bonds is 5. The van der Waals surface area contributed by atoms with E-state index < -0.39 is 0 Å². The molecule has 0 aromatic carbocycles. The van der Waals surface area contributed by atoms with E-state index in [1.165, 1.54) is 23.5 Å². The van der Waals surface area contributed by atoms with Gasteiger partial charge in [-0.05, 0) is 35.4 Å². The second-order valence-electron chi connectivity index (χ2n) is 4.24. The summed E-state index contributed by atoms with van der Waals surface area (Å²) in [6.45, 7) is 5.59. The highest BCUT2D eigenvalue weighted by Gasteiger charge is 2.32. The van der Waals surface area contributed by atoms with Crippen LogP contribution in [0.3, 0.4) is 0 Å². The maximum absolute atomic E-state index is 3.69. The molecule has 1 aliphatic rings. The van der Waals surface area contributed by atoms with E-state index in [2.05, 4.69) is 59.5 Å². The van der Waals surface area contributed by atoms with Crippen LogP contribution in [0, 0.1) is 0 Å². The summed E-state index contributed by atoms with van der Waals surface area (Å²) in [6, 6.07) is 2.82. The third-order valence-corrected chi connectivity index (χ3v) is 7.20. The fourth-order valence-electron chi connectivity index (χ4n) is 2.34. The van der Waals surface area contributed by atoms with Gasteiger partial charge in [0.05, 0.1) is 0 Å². The minimum absolute atomic E-state index is 0.536. The van der Waals surface area contributed by atoms with Gasteiger partial charge in [-0.25, -0.2) is 0 Å². The monoisotopic (exact) mass is 287 g/mol. The number of thioether (sulfide) groups is 2. The van der Waals surface area contributed by atoms with Gasteiger partial charge in [-0.3, -0.25) is 0 Å². The molecule has 0 bridgehead atoms. The highest BCUT2D eigenvalue weighted by Crippen LogP contribution is 2.40. The molecular formula is C13H21NS3. The second kappa shape index (κ2) is 7.07. The smallest absolute Gasteiger partial charge is 0.0459 e. The van der Waals surface area contributed by atoms with Gasteiger partial charge in [0.25, 0.3) is 0 Å². The van der Waals surface area contributed by atoms with E-state index >= 15 is 0 Å². The van der Waals surface area contributed by atoms with Crippen LogP contribution in [0.1, 0.15) is 31.9 Å². The predicted octanol–water partition coefficient (Wildman–Crippen LogP) is 4.03. The zero-order valence-electron chi connectivity index (χ0n) is 10.5. The van der Waals surface area contributed by atoms with E-state index in [1.807, 2.05) is 11.3 Å². The normalized spacial score (nSPS) is 26.9. The summed E-state index contributed by atoms with van der Waals surface area (Å²) < 4.78 is 0. The Labute approximate surface area is 117 Å². The topological polar surface area (TPSA) is 12.0 Å². The second-order valence-corrected chi connectivity index (χ2v) is 7.66. The molecule has 0 spiro atoms. The highest BCUT2D eigenvalue weighted by atomic mass is 32.2. The van der Waals surface area contributed by atoms with E-state index in [0.29, 0.717) is 6.04 Å². The Balaban J connectivity index is 2.13. The summed E-state index contributed by atoms with van der Waals surface area (Å²) in [5, 5.41) is 9.73. The standard InChI is InChI=1S/C13H21NS3/c1-3-11-13(17-8-7-16-11)12(14-4-2)10-5-6-15-9-10/h5-6,9,11-14H,3-4,7-8H2,1-2H3. The molecule has 1 nitrogen and oxygen atoms in total. The zero-order chi connectivity index (χ0) is 12.1. The Morgan fingerprint density at radius 2 is 2.18 bits per heavy atom. The van der Waals surface area contributed by atoms with Crippen LogP contribution in [0.25, 0.3) is 0 Å². The van der Waals surface area contributed by atoms with Gasteiger partial charge in [0, 0.05) is 28.0 Å². The molecular weight excluding hydrogens is 266 g/mol. The third kappa shape index (κ3) is 3.43. The van der Waals surface area contributed by atoms with Crippen molar-refractivity contribution in [3.05, 3.63) is 22.4 Å². The molecule has 2 rings (SSSR count). The number of thiophene rings is 1. The number of nitrogens with one attached hydrogen (secondary N) is 1. The maximum atomic E-state index is 3.69. The van der Waals surface area contributed by atoms with E-state index in [1.54, 1.807) is 0 Å². The van der Waals surface area contributed by atoms with Crippen molar-refractivity contribution in [2.75, 3.05) is 18.1 Å². The van der Waals surface area contributed by atoms with Gasteiger partial charge in [-0.15, -0.1) is 0 Å². The van der Waals surface area contributed by atoms with Crippen molar-refractivity contribution < 1.29 is 0 Å². The van der Waals surface area contributed by atoms with Gasteiger partial charge in [0.1, 0.15) is 0 Å². The lowest BCUT2D eigenvalue weighted by Gasteiger charge is -2.36. The summed E-state index contributed by atoms with van der Waals surface area (Å²) in [7, 11) is 0. The van der Waals surface area contributed by atoms with E-state index in [4.69, 9.17) is 0 Å². The summed E-state index contributed by atoms with van der Waals surface area (Å²) >= 11 is 6.14. The van der Waals surface area contributed by atoms with E-state index in [-0.39, 0.29) is 0 Å². The molecule has 0 saturated carbocycles. The first-order valence-electron chi connectivity index (χ1n) is 6.35. The fraction of sp³-hybridized carbons (Fsp3) is 0.692. The average molecular weight is 288 g/mol. The van der Waals surface area contributed by atoms with Crippen LogP contribution >= 0.6 is 34.9 Å². The van der Waals surface area contributed by atoms with Crippen LogP contribution < -0.4 is 5.32 Å². The molecule has 3 atom stereocenters. The Bertz CT molecular complexity index is 312. The molecule has 1 aromatic rings. The first-order chi connectivity index (χ1) is 8.36. The van der Waals surface area contributed by atoms with Crippen molar-refractivity contribution in [2.24, 2.45) is 0 Å². The molecule has 1 aliphatic heterocycles. The Hall–Kier alpha value is 0.360. The average Bonchev–Trinajstić information content (AvgIpc) is 2.89. The SMILES string of the molecule is CCNC(c1ccsc1)C1SCCSC1CC. The highest BCUT2D eigenvalue weighted by molar-refractivity contribution is 8.07. The van der Waals surface area contributed by atoms with Crippen LogP contribution in [0.15, 0.2) is 16.8 Å². The van der Waals surface area contributed by atoms with Crippen LogP contribution in [-0.4, -0.2) is 28.6 Å². The molecule has 0 amide bonds. The molecule has 0 radical (unpaired) electrons. The van der Waals surface area contributed by atoms with Gasteiger partial charge < -0.3 is 5.32 Å². The van der Waals surface area contributed by atoms with Crippen molar-refractivity contribution >= 4 is 34.9 Å². The first-order valence-corrected chi connectivity index (χ1v) is 9.39. The molecule has 17 heavy (non-hydrogen) atoms. The quantitative estimate of drug-likeness (QED) is 0.878. The molecule has 1 fully saturated rings. The molecule has 3 unspecified atom stereocenters. The summed E-state index contributed by atoms with van der Waals surface area (Å²) in [6.07, 6.45) is 1.29. The van der Waals surface area contributed by atoms with Crippen molar-refractivity contribution in [3.8, 4) is 0 Å². The molecule has 1 aromatic heterocycles. The maximum Gasteiger partial charge on any atom is 0.0459 e. The van der Waals surface area contributed by atoms with Crippen molar-refractivity contribution in [1.82, 2.24) is 5.32 Å². The molecule has 4 heteroatoms. The van der Waals surface area contributed by atoms with Crippen molar-refractivity contribution in [1.29, 1.82) is 0 Å². The fourth-order valence-corrected chi connectivity index (χ4v) is 6.29. The third-order valence-electron chi connectivity index (χ3n) is 3.15. The largest absolute Gasteiger partial charge is 0.309 e. The summed E-state index contributed by atoms with van der Waals surface area (Å²) in [4.78, 5) is 0. The molecule has 2 heterocycles. The van der Waals surface area contributed by atoms with Gasteiger partial charge in [-0.1, -0.05) is 13.8 Å². The lowest BCUT2D eigenvalue weighted by Crippen LogP contribution is -2.38. The number of hydrogen-bond donors (Lipinski definition) is 1. The van der Waals surface area contributed by atoms with Gasteiger partial charge >= 0.3 is 0 Å². The Kier molecular flexibility index (Phi) is 5.74. The lowest BCUT2D eigenvalue weighted by atomic mass is 10.0. The van der Waals surface area contributed by atoms with Gasteiger partial charge in [0.2, 0.25) is 0 Å². The van der Waals surface area contributed by atoms with Gasteiger partial charge in [0.15, 0.2) is 0 Å². The van der Waals surface area contributed by atoms with Crippen LogP contribution in [0.4, 0.5) is 0 Å². The van der Waals surface area contributed by atoms with Crippen LogP contribution in [-0.2, 0) is 0 Å². The Morgan fingerprint density at radius 3 is 2.82 bits per heavy atom. The zero-order valence-corrected chi connectivity index (χ0v) is 13.0. The number of hydrogen-bond acceptors (Lipinski definition) is 4. The van der Waals surface area contributed by atoms with Crippen LogP contribution in [0.2, 0.25) is 0 Å². The molecule has 1 N–H and O–H groups in total. The van der Waals surface area contributed by atoms with E-state index in [0.717, 1.165) is 17.0 Å². The van der Waals surface area contributed by atoms with Crippen molar-refractivity contribution in [3.63, 3.8) is 0 Å². The lowest BCUT2D eigenvalue weighted by molar-refractivity contribution is 0.514. The predicted molar refractivity (Wildman–Crippen MR) is 83.5 cm³/mol. The minimum Gasteiger partial charge on any atom is -0.309 e. The summed E-state index contributed by atoms with van der Waals surface area (Å²) in [5.41, 5.74) is 1.48. The molecule has 0 aliphatic carbocycles. The molecule has 96 valence electrons. The van der Waals surface area contributed by atoms with E-state index in [9.17, 15) is 0 Å². The Morgan fingerprint density at radius 1 is 1.35 bits per heavy atom. The van der Waals surface area contributed by atoms with Crippen LogP contribution in [0.5, 0.6) is 0 Å². The summed E-state index contributed by atoms with van der Waals surface area (Å²) in [5.74, 6) is 2.63. The minimum atomic E-state index is 0.536. The van der Waals surface area contributed by atoms with Crippen molar-refractivity contribution in [2.45, 2.75) is 36.8 Å².